The lowest BCUT2D eigenvalue weighted by Crippen LogP contribution is -2.59. The fraction of sp³-hybridized carbons (Fsp3) is 0.645. The predicted octanol–water partition coefficient (Wildman–Crippen LogP) is 2.41. The van der Waals surface area contributed by atoms with Gasteiger partial charge in [-0.05, 0) is 73.3 Å². The number of benzene rings is 1. The Hall–Kier alpha value is -3.43. The van der Waals surface area contributed by atoms with Crippen LogP contribution in [0.3, 0.4) is 0 Å². The Morgan fingerprint density at radius 1 is 1.02 bits per heavy atom. The van der Waals surface area contributed by atoms with E-state index in [1.807, 2.05) is 24.3 Å². The quantitative estimate of drug-likeness (QED) is 0.328. The summed E-state index contributed by atoms with van der Waals surface area (Å²) >= 11 is 0. The summed E-state index contributed by atoms with van der Waals surface area (Å²) in [5, 5.41) is 5.65. The van der Waals surface area contributed by atoms with E-state index in [-0.39, 0.29) is 41.1 Å². The average molecular weight is 568 g/mol. The van der Waals surface area contributed by atoms with Crippen molar-refractivity contribution in [3.8, 4) is 0 Å². The first-order valence-electron chi connectivity index (χ1n) is 14.7. The summed E-state index contributed by atoms with van der Waals surface area (Å²) in [6.07, 6.45) is 2.45. The van der Waals surface area contributed by atoms with Crippen LogP contribution in [-0.2, 0) is 41.5 Å². The smallest absolute Gasteiger partial charge is 0.408 e. The number of likely N-dealkylation sites (tertiary alicyclic amines) is 1. The molecular formula is C31H41N3O7. The van der Waals surface area contributed by atoms with Crippen LogP contribution in [0.5, 0.6) is 0 Å². The summed E-state index contributed by atoms with van der Waals surface area (Å²) < 4.78 is 9.99. The maximum absolute atomic E-state index is 14.3. The summed E-state index contributed by atoms with van der Waals surface area (Å²) in [5.41, 5.74) is 2.12. The van der Waals surface area contributed by atoms with Crippen LogP contribution < -0.4 is 10.6 Å². The summed E-state index contributed by atoms with van der Waals surface area (Å²) in [7, 11) is 1.14. The number of methoxy groups -OCH3 is 1. The molecule has 3 amide bonds. The number of carbonyl (C=O) groups is 5. The van der Waals surface area contributed by atoms with Crippen LogP contribution in [0, 0.1) is 29.1 Å². The van der Waals surface area contributed by atoms with Gasteiger partial charge in [-0.25, -0.2) is 9.59 Å². The number of Topliss-reactive ketones (excluding diaryl/α,β-unsaturated/α-hetero) is 1. The van der Waals surface area contributed by atoms with E-state index in [0.29, 0.717) is 25.8 Å². The lowest BCUT2D eigenvalue weighted by molar-refractivity contribution is -0.153. The molecule has 3 aliphatic carbocycles. The first-order valence-corrected chi connectivity index (χ1v) is 14.7. The molecule has 1 unspecified atom stereocenters. The Bertz CT molecular complexity index is 1210. The van der Waals surface area contributed by atoms with Gasteiger partial charge in [0.25, 0.3) is 5.78 Å². The van der Waals surface area contributed by atoms with Crippen molar-refractivity contribution in [2.45, 2.75) is 84.0 Å². The SMILES string of the molecule is COC(=O)C(=O)C(CC1CC1)NC(=O)[C@@H]1[C@@H]2[C@H](CN1C(=O)[C@@H](NC(=O)OC(C)C)C1Cc3ccccc3C1)C2(C)C. The molecule has 0 bridgehead atoms. The number of alkyl carbamates (subject to hydrolysis) is 1. The van der Waals surface area contributed by atoms with E-state index < -0.39 is 41.9 Å². The number of piperidine rings is 1. The van der Waals surface area contributed by atoms with Gasteiger partial charge in [0.05, 0.1) is 19.3 Å². The van der Waals surface area contributed by atoms with Crippen LogP contribution in [0.1, 0.15) is 58.1 Å². The lowest BCUT2D eigenvalue weighted by Gasteiger charge is -2.35. The maximum Gasteiger partial charge on any atom is 0.408 e. The van der Waals surface area contributed by atoms with Gasteiger partial charge in [-0.3, -0.25) is 14.4 Å². The summed E-state index contributed by atoms with van der Waals surface area (Å²) in [6.45, 7) is 8.02. The topological polar surface area (TPSA) is 131 Å². The number of nitrogens with zero attached hydrogens (tertiary/aromatic N) is 1. The molecule has 41 heavy (non-hydrogen) atoms. The van der Waals surface area contributed by atoms with E-state index in [2.05, 4.69) is 29.2 Å². The van der Waals surface area contributed by atoms with Crippen LogP contribution in [0.4, 0.5) is 4.79 Å². The van der Waals surface area contributed by atoms with Crippen molar-refractivity contribution in [2.24, 2.45) is 29.1 Å². The van der Waals surface area contributed by atoms with E-state index >= 15 is 0 Å². The van der Waals surface area contributed by atoms with Crippen molar-refractivity contribution in [1.29, 1.82) is 0 Å². The highest BCUT2D eigenvalue weighted by Crippen LogP contribution is 2.65. The summed E-state index contributed by atoms with van der Waals surface area (Å²) in [6, 6.07) is 5.29. The van der Waals surface area contributed by atoms with Gasteiger partial charge in [-0.2, -0.15) is 0 Å². The van der Waals surface area contributed by atoms with E-state index in [0.717, 1.165) is 31.1 Å². The molecule has 1 aromatic rings. The van der Waals surface area contributed by atoms with Gasteiger partial charge in [0.1, 0.15) is 12.1 Å². The fourth-order valence-corrected chi connectivity index (χ4v) is 7.00. The fourth-order valence-electron chi connectivity index (χ4n) is 7.00. The van der Waals surface area contributed by atoms with Crippen molar-refractivity contribution in [2.75, 3.05) is 13.7 Å². The van der Waals surface area contributed by atoms with Crippen LogP contribution in [-0.4, -0.2) is 72.4 Å². The Balaban J connectivity index is 1.39. The highest BCUT2D eigenvalue weighted by molar-refractivity contribution is 6.36. The van der Waals surface area contributed by atoms with Crippen molar-refractivity contribution in [3.05, 3.63) is 35.4 Å². The van der Waals surface area contributed by atoms with Crippen molar-refractivity contribution in [1.82, 2.24) is 15.5 Å². The van der Waals surface area contributed by atoms with E-state index in [9.17, 15) is 24.0 Å². The molecule has 1 aliphatic heterocycles. The van der Waals surface area contributed by atoms with Gasteiger partial charge < -0.3 is 25.0 Å². The van der Waals surface area contributed by atoms with Crippen LogP contribution in [0.25, 0.3) is 0 Å². The van der Waals surface area contributed by atoms with Gasteiger partial charge in [-0.15, -0.1) is 0 Å². The molecule has 2 saturated carbocycles. The van der Waals surface area contributed by atoms with Gasteiger partial charge in [0.15, 0.2) is 0 Å². The Morgan fingerprint density at radius 3 is 2.22 bits per heavy atom. The zero-order chi connectivity index (χ0) is 29.6. The number of fused-ring (bicyclic) bond motifs is 2. The van der Waals surface area contributed by atoms with Gasteiger partial charge in [0, 0.05) is 6.54 Å². The number of hydrogen-bond donors (Lipinski definition) is 2. The third-order valence-corrected chi connectivity index (χ3v) is 9.48. The number of amides is 3. The van der Waals surface area contributed by atoms with Crippen molar-refractivity contribution < 1.29 is 33.4 Å². The number of ether oxygens (including phenoxy) is 2. The maximum atomic E-state index is 14.3. The third-order valence-electron chi connectivity index (χ3n) is 9.48. The van der Waals surface area contributed by atoms with Crippen molar-refractivity contribution >= 4 is 29.7 Å². The van der Waals surface area contributed by atoms with E-state index in [1.165, 1.54) is 0 Å². The number of esters is 1. The number of hydrogen-bond acceptors (Lipinski definition) is 7. The lowest BCUT2D eigenvalue weighted by atomic mass is 9.93. The Morgan fingerprint density at radius 2 is 1.66 bits per heavy atom. The summed E-state index contributed by atoms with van der Waals surface area (Å²) in [5.74, 6) is -2.46. The highest BCUT2D eigenvalue weighted by atomic mass is 16.6. The minimum absolute atomic E-state index is 0.0923. The number of carbonyl (C=O) groups excluding carboxylic acids is 5. The number of ketones is 1. The minimum atomic E-state index is -1.00. The molecule has 5 atom stereocenters. The molecule has 10 heteroatoms. The third kappa shape index (κ3) is 5.83. The molecule has 1 saturated heterocycles. The van der Waals surface area contributed by atoms with Gasteiger partial charge in [-0.1, -0.05) is 51.0 Å². The molecule has 1 heterocycles. The molecule has 0 spiro atoms. The average Bonchev–Trinajstić information content (AvgIpc) is 3.67. The number of rotatable bonds is 10. The molecular weight excluding hydrogens is 526 g/mol. The highest BCUT2D eigenvalue weighted by Gasteiger charge is 2.70. The van der Waals surface area contributed by atoms with Gasteiger partial charge in [0.2, 0.25) is 11.8 Å². The largest absolute Gasteiger partial charge is 0.463 e. The molecule has 2 N–H and O–H groups in total. The van der Waals surface area contributed by atoms with Crippen LogP contribution in [0.15, 0.2) is 24.3 Å². The molecule has 5 rings (SSSR count). The predicted molar refractivity (Wildman–Crippen MR) is 148 cm³/mol. The minimum Gasteiger partial charge on any atom is -0.463 e. The van der Waals surface area contributed by atoms with E-state index in [1.54, 1.807) is 18.7 Å². The first kappa shape index (κ1) is 29.1. The molecule has 10 nitrogen and oxygen atoms in total. The first-order chi connectivity index (χ1) is 19.4. The Labute approximate surface area is 240 Å². The molecule has 0 aromatic heterocycles. The monoisotopic (exact) mass is 567 g/mol. The normalized spacial score (nSPS) is 25.5. The zero-order valence-electron chi connectivity index (χ0n) is 24.5. The standard InChI is InChI=1S/C31H41N3O7/c1-16(2)41-30(39)33-24(20-13-18-8-6-7-9-19(18)14-20)28(37)34-15-21-23(31(21,3)4)25(34)27(36)32-22(12-17-10-11-17)26(35)29(38)40-5/h6-9,16-17,20-25H,10-15H2,1-5H3,(H,32,36)(H,33,39)/t21-,22?,23-,24-,25-/m0/s1. The second-order valence-electron chi connectivity index (χ2n) is 13.0. The van der Waals surface area contributed by atoms with Crippen molar-refractivity contribution in [3.63, 3.8) is 0 Å². The van der Waals surface area contributed by atoms with Gasteiger partial charge >= 0.3 is 12.1 Å². The molecule has 3 fully saturated rings. The molecule has 0 radical (unpaired) electrons. The molecule has 1 aromatic carbocycles. The Kier molecular flexibility index (Phi) is 7.87. The second-order valence-corrected chi connectivity index (χ2v) is 13.0. The van der Waals surface area contributed by atoms with Crippen LogP contribution >= 0.6 is 0 Å². The van der Waals surface area contributed by atoms with Crippen LogP contribution in [0.2, 0.25) is 0 Å². The zero-order valence-corrected chi connectivity index (χ0v) is 24.5. The second kappa shape index (κ2) is 11.1. The summed E-state index contributed by atoms with van der Waals surface area (Å²) in [4.78, 5) is 67.4. The molecule has 222 valence electrons. The molecule has 4 aliphatic rings. The van der Waals surface area contributed by atoms with E-state index in [4.69, 9.17) is 4.74 Å². The number of nitrogens with one attached hydrogen (secondary N) is 2.